The fraction of sp³-hybridized carbons (Fsp3) is 0.760. The molecule has 0 amide bonds. The maximum Gasteiger partial charge on any atom is 0.0594 e. The monoisotopic (exact) mass is 409 g/mol. The quantitative estimate of drug-likeness (QED) is 0.305. The van der Waals surface area contributed by atoms with Crippen LogP contribution in [0.4, 0.5) is 0 Å². The molecule has 0 aliphatic carbocycles. The summed E-state index contributed by atoms with van der Waals surface area (Å²) in [6, 6.07) is 11.2. The average Bonchev–Trinajstić information content (AvgIpc) is 2.71. The summed E-state index contributed by atoms with van der Waals surface area (Å²) in [5, 5.41) is 0. The van der Waals surface area contributed by atoms with Crippen molar-refractivity contribution in [2.24, 2.45) is 0 Å². The minimum atomic E-state index is 0. The highest BCUT2D eigenvalue weighted by Crippen LogP contribution is 2.33. The minimum Gasteiger partial charge on any atom is -0.379 e. The molecule has 1 aromatic carbocycles. The second-order valence-corrected chi connectivity index (χ2v) is 8.46. The predicted molar refractivity (Wildman–Crippen MR) is 125 cm³/mol. The summed E-state index contributed by atoms with van der Waals surface area (Å²) in [6.45, 7) is 8.66. The second kappa shape index (κ2) is 15.3. The van der Waals surface area contributed by atoms with E-state index >= 15 is 0 Å². The normalized spacial score (nSPS) is 17.1. The smallest absolute Gasteiger partial charge is 0.0594 e. The van der Waals surface area contributed by atoms with Gasteiger partial charge in [0.2, 0.25) is 0 Å². The van der Waals surface area contributed by atoms with Crippen molar-refractivity contribution in [1.82, 2.24) is 4.90 Å². The molecule has 0 radical (unpaired) electrons. The van der Waals surface area contributed by atoms with E-state index in [1.807, 2.05) is 0 Å². The molecule has 0 N–H and O–H groups in total. The highest BCUT2D eigenvalue weighted by Gasteiger charge is 2.36. The van der Waals surface area contributed by atoms with Gasteiger partial charge in [-0.05, 0) is 24.8 Å². The van der Waals surface area contributed by atoms with Crippen molar-refractivity contribution in [2.75, 3.05) is 26.3 Å². The molecule has 0 bridgehead atoms. The van der Waals surface area contributed by atoms with Gasteiger partial charge in [-0.3, -0.25) is 4.90 Å². The van der Waals surface area contributed by atoms with Crippen LogP contribution in [0.15, 0.2) is 30.3 Å². The zero-order valence-corrected chi connectivity index (χ0v) is 19.3. The van der Waals surface area contributed by atoms with Gasteiger partial charge < -0.3 is 4.74 Å². The molecular formula is C25H44ClNO. The maximum absolute atomic E-state index is 5.67. The number of rotatable bonds is 14. The summed E-state index contributed by atoms with van der Waals surface area (Å²) in [5.74, 6) is 0. The van der Waals surface area contributed by atoms with E-state index in [4.69, 9.17) is 4.74 Å². The van der Waals surface area contributed by atoms with Crippen molar-refractivity contribution in [3.8, 4) is 0 Å². The van der Waals surface area contributed by atoms with Crippen LogP contribution in [0, 0.1) is 0 Å². The van der Waals surface area contributed by atoms with Gasteiger partial charge in [-0.2, -0.15) is 0 Å². The number of nitrogens with zero attached hydrogens (tertiary/aromatic N) is 1. The summed E-state index contributed by atoms with van der Waals surface area (Å²) < 4.78 is 5.67. The molecule has 1 heterocycles. The Balaban J connectivity index is 0.00000392. The van der Waals surface area contributed by atoms with Crippen LogP contribution in [-0.4, -0.2) is 36.7 Å². The summed E-state index contributed by atoms with van der Waals surface area (Å²) >= 11 is 0. The highest BCUT2D eigenvalue weighted by atomic mass is 35.5. The molecule has 0 spiro atoms. The Morgan fingerprint density at radius 3 is 2.00 bits per heavy atom. The van der Waals surface area contributed by atoms with Gasteiger partial charge in [-0.1, -0.05) is 102 Å². The summed E-state index contributed by atoms with van der Waals surface area (Å²) in [4.78, 5) is 2.77. The number of benzene rings is 1. The number of unbranched alkanes of at least 4 members (excludes halogenated alkanes) is 7. The van der Waals surface area contributed by atoms with Crippen LogP contribution in [0.1, 0.15) is 90.0 Å². The van der Waals surface area contributed by atoms with Crippen molar-refractivity contribution in [1.29, 1.82) is 0 Å². The van der Waals surface area contributed by atoms with Crippen LogP contribution < -0.4 is 0 Å². The largest absolute Gasteiger partial charge is 0.379 e. The molecule has 2 rings (SSSR count). The standard InChI is InChI=1S/C25H43NO.ClH/c1-3-5-6-7-8-9-10-14-18-25(17-4-2,26-19-21-27-22-20-26)23-24-15-12-11-13-16-24;/h11-13,15-16H,3-10,14,17-23H2,1-2H3;1H. The Morgan fingerprint density at radius 1 is 0.786 bits per heavy atom. The van der Waals surface area contributed by atoms with Gasteiger partial charge in [0.05, 0.1) is 13.2 Å². The molecular weight excluding hydrogens is 366 g/mol. The van der Waals surface area contributed by atoms with E-state index in [1.165, 1.54) is 82.6 Å². The molecule has 3 heteroatoms. The first-order valence-electron chi connectivity index (χ1n) is 11.7. The molecule has 1 atom stereocenters. The van der Waals surface area contributed by atoms with Gasteiger partial charge in [0, 0.05) is 18.6 Å². The Hall–Kier alpha value is -0.570. The summed E-state index contributed by atoms with van der Waals surface area (Å²) in [5.41, 5.74) is 1.82. The van der Waals surface area contributed by atoms with Crippen molar-refractivity contribution in [3.63, 3.8) is 0 Å². The van der Waals surface area contributed by atoms with Crippen LogP contribution in [-0.2, 0) is 11.2 Å². The minimum absolute atomic E-state index is 0. The van der Waals surface area contributed by atoms with E-state index in [0.29, 0.717) is 5.54 Å². The first-order chi connectivity index (χ1) is 13.3. The molecule has 0 aromatic heterocycles. The first-order valence-corrected chi connectivity index (χ1v) is 11.7. The number of ether oxygens (including phenoxy) is 1. The molecule has 1 fully saturated rings. The topological polar surface area (TPSA) is 12.5 Å². The first kappa shape index (κ1) is 25.5. The lowest BCUT2D eigenvalue weighted by atomic mass is 9.80. The van der Waals surface area contributed by atoms with Crippen LogP contribution >= 0.6 is 12.4 Å². The van der Waals surface area contributed by atoms with Gasteiger partial charge >= 0.3 is 0 Å². The second-order valence-electron chi connectivity index (χ2n) is 8.46. The molecule has 1 saturated heterocycles. The molecule has 1 aliphatic rings. The van der Waals surface area contributed by atoms with E-state index in [9.17, 15) is 0 Å². The van der Waals surface area contributed by atoms with E-state index in [2.05, 4.69) is 49.1 Å². The van der Waals surface area contributed by atoms with Crippen LogP contribution in [0.3, 0.4) is 0 Å². The molecule has 1 aromatic rings. The highest BCUT2D eigenvalue weighted by molar-refractivity contribution is 5.85. The lowest BCUT2D eigenvalue weighted by molar-refractivity contribution is -0.0312. The Bertz CT molecular complexity index is 475. The molecule has 2 nitrogen and oxygen atoms in total. The Morgan fingerprint density at radius 2 is 1.39 bits per heavy atom. The van der Waals surface area contributed by atoms with Crippen LogP contribution in [0.5, 0.6) is 0 Å². The molecule has 0 saturated carbocycles. The van der Waals surface area contributed by atoms with Crippen molar-refractivity contribution in [2.45, 2.75) is 96.4 Å². The van der Waals surface area contributed by atoms with Crippen LogP contribution in [0.2, 0.25) is 0 Å². The van der Waals surface area contributed by atoms with E-state index in [1.54, 1.807) is 0 Å². The number of hydrogen-bond acceptors (Lipinski definition) is 2. The SMILES string of the molecule is CCCCCCCCCCC(CCC)(Cc1ccccc1)N1CCOCC1.Cl. The van der Waals surface area contributed by atoms with E-state index in [-0.39, 0.29) is 12.4 Å². The van der Waals surface area contributed by atoms with Gasteiger partial charge in [0.25, 0.3) is 0 Å². The summed E-state index contributed by atoms with van der Waals surface area (Å²) in [7, 11) is 0. The third-order valence-corrected chi connectivity index (χ3v) is 6.27. The Kier molecular flexibility index (Phi) is 13.9. The lowest BCUT2D eigenvalue weighted by Crippen LogP contribution is -2.54. The van der Waals surface area contributed by atoms with Crippen molar-refractivity contribution in [3.05, 3.63) is 35.9 Å². The number of hydrogen-bond donors (Lipinski definition) is 0. The fourth-order valence-electron chi connectivity index (χ4n) is 4.80. The van der Waals surface area contributed by atoms with Gasteiger partial charge in [0.15, 0.2) is 0 Å². The van der Waals surface area contributed by atoms with Crippen molar-refractivity contribution < 1.29 is 4.74 Å². The molecule has 162 valence electrons. The van der Waals surface area contributed by atoms with Crippen molar-refractivity contribution >= 4 is 12.4 Å². The van der Waals surface area contributed by atoms with Gasteiger partial charge in [0.1, 0.15) is 0 Å². The third-order valence-electron chi connectivity index (χ3n) is 6.27. The molecule has 28 heavy (non-hydrogen) atoms. The Labute approximate surface area is 180 Å². The lowest BCUT2D eigenvalue weighted by Gasteiger charge is -2.46. The molecule has 1 aliphatic heterocycles. The molecule has 1 unspecified atom stereocenters. The van der Waals surface area contributed by atoms with E-state index in [0.717, 1.165) is 26.3 Å². The van der Waals surface area contributed by atoms with Crippen LogP contribution in [0.25, 0.3) is 0 Å². The fourth-order valence-corrected chi connectivity index (χ4v) is 4.80. The average molecular weight is 410 g/mol. The summed E-state index contributed by atoms with van der Waals surface area (Å²) in [6.07, 6.45) is 16.3. The third kappa shape index (κ3) is 8.84. The number of morpholine rings is 1. The van der Waals surface area contributed by atoms with Gasteiger partial charge in [-0.25, -0.2) is 0 Å². The zero-order valence-electron chi connectivity index (χ0n) is 18.5. The maximum atomic E-state index is 5.67. The zero-order chi connectivity index (χ0) is 19.2. The predicted octanol–water partition coefficient (Wildman–Crippen LogP) is 7.05. The number of halogens is 1. The van der Waals surface area contributed by atoms with E-state index < -0.39 is 0 Å². The van der Waals surface area contributed by atoms with Gasteiger partial charge in [-0.15, -0.1) is 12.4 Å².